The number of thiazole rings is 1. The van der Waals surface area contributed by atoms with Gasteiger partial charge in [0, 0.05) is 11.5 Å². The van der Waals surface area contributed by atoms with Gasteiger partial charge in [0.25, 0.3) is 0 Å². The number of hydrogen-bond acceptors (Lipinski definition) is 3. The van der Waals surface area contributed by atoms with E-state index >= 15 is 0 Å². The number of aryl methyl sites for hydroxylation is 1. The fraction of sp³-hybridized carbons (Fsp3) is 0.0769. The van der Waals surface area contributed by atoms with Gasteiger partial charge in [-0.1, -0.05) is 12.1 Å². The smallest absolute Gasteiger partial charge is 0.250 e. The summed E-state index contributed by atoms with van der Waals surface area (Å²) in [6.07, 6.45) is 3.01. The molecule has 0 saturated heterocycles. The van der Waals surface area contributed by atoms with Crippen LogP contribution in [0, 0.1) is 12.7 Å². The van der Waals surface area contributed by atoms with Crippen LogP contribution in [-0.2, 0) is 4.79 Å². The number of hydrogen-bond donors (Lipinski definition) is 1. The fourth-order valence-corrected chi connectivity index (χ4v) is 2.00. The zero-order chi connectivity index (χ0) is 13.0. The van der Waals surface area contributed by atoms with Crippen molar-refractivity contribution >= 4 is 28.5 Å². The largest absolute Gasteiger partial charge is 0.298 e. The second-order valence-electron chi connectivity index (χ2n) is 3.67. The quantitative estimate of drug-likeness (QED) is 0.863. The molecule has 0 radical (unpaired) electrons. The summed E-state index contributed by atoms with van der Waals surface area (Å²) in [6, 6.07) is 5.91. The molecule has 1 heterocycles. The third-order valence-electron chi connectivity index (χ3n) is 2.15. The second kappa shape index (κ2) is 5.55. The number of amides is 1. The highest BCUT2D eigenvalue weighted by Crippen LogP contribution is 2.14. The molecule has 1 amide bonds. The maximum absolute atomic E-state index is 12.7. The molecule has 5 heteroatoms. The van der Waals surface area contributed by atoms with E-state index in [9.17, 15) is 9.18 Å². The Balaban J connectivity index is 1.96. The number of carbonyl (C=O) groups excluding carboxylic acids is 1. The van der Waals surface area contributed by atoms with Crippen LogP contribution in [0.1, 0.15) is 11.3 Å². The Morgan fingerprint density at radius 2 is 2.11 bits per heavy atom. The monoisotopic (exact) mass is 262 g/mol. The number of carbonyl (C=O) groups is 1. The first-order valence-electron chi connectivity index (χ1n) is 5.30. The maximum atomic E-state index is 12.7. The number of nitrogens with zero attached hydrogens (tertiary/aromatic N) is 1. The van der Waals surface area contributed by atoms with E-state index in [0.717, 1.165) is 11.3 Å². The summed E-state index contributed by atoms with van der Waals surface area (Å²) in [4.78, 5) is 15.7. The SMILES string of the molecule is Cc1csc(NC(=O)/C=C/c2ccc(F)cc2)n1. The molecule has 3 nitrogen and oxygen atoms in total. The summed E-state index contributed by atoms with van der Waals surface area (Å²) < 4.78 is 12.7. The highest BCUT2D eigenvalue weighted by atomic mass is 32.1. The van der Waals surface area contributed by atoms with Gasteiger partial charge >= 0.3 is 0 Å². The number of benzene rings is 1. The molecule has 1 aromatic carbocycles. The van der Waals surface area contributed by atoms with Crippen molar-refractivity contribution in [3.63, 3.8) is 0 Å². The van der Waals surface area contributed by atoms with E-state index in [1.165, 1.54) is 29.5 Å². The van der Waals surface area contributed by atoms with Gasteiger partial charge in [-0.3, -0.25) is 10.1 Å². The Morgan fingerprint density at radius 1 is 1.39 bits per heavy atom. The molecule has 0 atom stereocenters. The Hall–Kier alpha value is -2.01. The number of nitrogens with one attached hydrogen (secondary N) is 1. The molecule has 0 spiro atoms. The molecule has 0 fully saturated rings. The highest BCUT2D eigenvalue weighted by molar-refractivity contribution is 7.13. The van der Waals surface area contributed by atoms with Gasteiger partial charge in [-0.2, -0.15) is 0 Å². The van der Waals surface area contributed by atoms with Crippen LogP contribution in [0.5, 0.6) is 0 Å². The number of aromatic nitrogens is 1. The van der Waals surface area contributed by atoms with Crippen molar-refractivity contribution in [3.05, 3.63) is 52.8 Å². The second-order valence-corrected chi connectivity index (χ2v) is 4.53. The van der Waals surface area contributed by atoms with E-state index in [-0.39, 0.29) is 11.7 Å². The molecule has 92 valence electrons. The van der Waals surface area contributed by atoms with Crippen LogP contribution < -0.4 is 5.32 Å². The predicted octanol–water partition coefficient (Wildman–Crippen LogP) is 3.24. The van der Waals surface area contributed by atoms with E-state index in [1.54, 1.807) is 18.2 Å². The molecule has 2 rings (SSSR count). The molecule has 2 aromatic rings. The highest BCUT2D eigenvalue weighted by Gasteiger charge is 2.01. The van der Waals surface area contributed by atoms with Crippen molar-refractivity contribution < 1.29 is 9.18 Å². The normalized spacial score (nSPS) is 10.8. The number of rotatable bonds is 3. The van der Waals surface area contributed by atoms with Gasteiger partial charge in [0.2, 0.25) is 5.91 Å². The standard InChI is InChI=1S/C13H11FN2OS/c1-9-8-18-13(15-9)16-12(17)7-4-10-2-5-11(14)6-3-10/h2-8H,1H3,(H,15,16,17)/b7-4+. The van der Waals surface area contributed by atoms with Crippen LogP contribution >= 0.6 is 11.3 Å². The Labute approximate surface area is 108 Å². The third kappa shape index (κ3) is 3.49. The summed E-state index contributed by atoms with van der Waals surface area (Å²) in [5, 5.41) is 5.08. The summed E-state index contributed by atoms with van der Waals surface area (Å²) in [7, 11) is 0. The maximum Gasteiger partial charge on any atom is 0.250 e. The van der Waals surface area contributed by atoms with Gasteiger partial charge in [-0.15, -0.1) is 11.3 Å². The van der Waals surface area contributed by atoms with Crippen molar-refractivity contribution in [1.82, 2.24) is 4.98 Å². The lowest BCUT2D eigenvalue weighted by Gasteiger charge is -1.96. The average molecular weight is 262 g/mol. The topological polar surface area (TPSA) is 42.0 Å². The molecule has 0 unspecified atom stereocenters. The first kappa shape index (κ1) is 12.4. The number of anilines is 1. The van der Waals surface area contributed by atoms with Crippen molar-refractivity contribution in [1.29, 1.82) is 0 Å². The minimum Gasteiger partial charge on any atom is -0.298 e. The molecule has 0 saturated carbocycles. The van der Waals surface area contributed by atoms with E-state index in [0.29, 0.717) is 5.13 Å². The zero-order valence-corrected chi connectivity index (χ0v) is 10.5. The van der Waals surface area contributed by atoms with E-state index in [1.807, 2.05) is 12.3 Å². The average Bonchev–Trinajstić information content (AvgIpc) is 2.74. The lowest BCUT2D eigenvalue weighted by molar-refractivity contribution is -0.111. The third-order valence-corrected chi connectivity index (χ3v) is 3.02. The Morgan fingerprint density at radius 3 is 2.72 bits per heavy atom. The van der Waals surface area contributed by atoms with Crippen molar-refractivity contribution in [2.24, 2.45) is 0 Å². The molecule has 0 aliphatic rings. The molecule has 0 aliphatic heterocycles. The first-order valence-corrected chi connectivity index (χ1v) is 6.18. The van der Waals surface area contributed by atoms with Gasteiger partial charge in [-0.25, -0.2) is 9.37 Å². The van der Waals surface area contributed by atoms with Gasteiger partial charge in [0.1, 0.15) is 5.82 Å². The first-order chi connectivity index (χ1) is 8.63. The lowest BCUT2D eigenvalue weighted by atomic mass is 10.2. The molecule has 18 heavy (non-hydrogen) atoms. The zero-order valence-electron chi connectivity index (χ0n) is 9.68. The molecular weight excluding hydrogens is 251 g/mol. The Bertz CT molecular complexity index is 575. The fourth-order valence-electron chi connectivity index (χ4n) is 1.30. The minimum atomic E-state index is -0.296. The van der Waals surface area contributed by atoms with Gasteiger partial charge in [0.15, 0.2) is 5.13 Å². The summed E-state index contributed by atoms with van der Waals surface area (Å²) in [5.74, 6) is -0.552. The van der Waals surface area contributed by atoms with Gasteiger partial charge in [-0.05, 0) is 30.7 Å². The van der Waals surface area contributed by atoms with Gasteiger partial charge in [0.05, 0.1) is 5.69 Å². The van der Waals surface area contributed by atoms with Crippen molar-refractivity contribution in [2.75, 3.05) is 5.32 Å². The summed E-state index contributed by atoms with van der Waals surface area (Å²) >= 11 is 1.37. The van der Waals surface area contributed by atoms with Crippen LogP contribution in [0.4, 0.5) is 9.52 Å². The minimum absolute atomic E-state index is 0.256. The van der Waals surface area contributed by atoms with Crippen LogP contribution in [0.2, 0.25) is 0 Å². The van der Waals surface area contributed by atoms with Crippen LogP contribution in [0.3, 0.4) is 0 Å². The molecule has 0 aliphatic carbocycles. The predicted molar refractivity (Wildman–Crippen MR) is 70.9 cm³/mol. The molecular formula is C13H11FN2OS. The van der Waals surface area contributed by atoms with Crippen LogP contribution in [0.15, 0.2) is 35.7 Å². The summed E-state index contributed by atoms with van der Waals surface area (Å²) in [6.45, 7) is 1.86. The van der Waals surface area contributed by atoms with Crippen molar-refractivity contribution in [3.8, 4) is 0 Å². The molecule has 1 N–H and O–H groups in total. The summed E-state index contributed by atoms with van der Waals surface area (Å²) in [5.41, 5.74) is 1.64. The molecule has 0 bridgehead atoms. The van der Waals surface area contributed by atoms with Gasteiger partial charge < -0.3 is 0 Å². The van der Waals surface area contributed by atoms with Crippen molar-refractivity contribution in [2.45, 2.75) is 6.92 Å². The lowest BCUT2D eigenvalue weighted by Crippen LogP contribution is -2.07. The number of halogens is 1. The van der Waals surface area contributed by atoms with Crippen LogP contribution in [-0.4, -0.2) is 10.9 Å². The van der Waals surface area contributed by atoms with Crippen LogP contribution in [0.25, 0.3) is 6.08 Å². The Kier molecular flexibility index (Phi) is 3.84. The van der Waals surface area contributed by atoms with E-state index < -0.39 is 0 Å². The van der Waals surface area contributed by atoms with E-state index in [4.69, 9.17) is 0 Å². The molecule has 1 aromatic heterocycles. The van der Waals surface area contributed by atoms with E-state index in [2.05, 4.69) is 10.3 Å².